The van der Waals surface area contributed by atoms with Gasteiger partial charge >= 0.3 is 0 Å². The van der Waals surface area contributed by atoms with Crippen molar-refractivity contribution in [3.8, 4) is 11.5 Å². The van der Waals surface area contributed by atoms with Crippen LogP contribution in [0.4, 0.5) is 0 Å². The molecule has 0 aromatic heterocycles. The SMILES string of the molecule is C=C1C=Cc2cc3c(cc2O1)OC(C(C)(C)O)C3. The van der Waals surface area contributed by atoms with Crippen molar-refractivity contribution in [2.75, 3.05) is 0 Å². The van der Waals surface area contributed by atoms with Crippen LogP contribution in [0.2, 0.25) is 0 Å². The van der Waals surface area contributed by atoms with Crippen LogP contribution >= 0.6 is 0 Å². The smallest absolute Gasteiger partial charge is 0.138 e. The van der Waals surface area contributed by atoms with E-state index in [1.54, 1.807) is 13.8 Å². The first-order valence-corrected chi connectivity index (χ1v) is 6.04. The van der Waals surface area contributed by atoms with Crippen molar-refractivity contribution in [2.45, 2.75) is 32.0 Å². The Balaban J connectivity index is 1.97. The first-order chi connectivity index (χ1) is 8.43. The van der Waals surface area contributed by atoms with E-state index in [4.69, 9.17) is 9.47 Å². The van der Waals surface area contributed by atoms with Gasteiger partial charge in [0.15, 0.2) is 0 Å². The van der Waals surface area contributed by atoms with Gasteiger partial charge in [0.25, 0.3) is 0 Å². The maximum Gasteiger partial charge on any atom is 0.138 e. The van der Waals surface area contributed by atoms with E-state index < -0.39 is 5.60 Å². The molecule has 1 aromatic carbocycles. The molecule has 1 N–H and O–H groups in total. The van der Waals surface area contributed by atoms with Crippen molar-refractivity contribution in [1.29, 1.82) is 0 Å². The molecule has 18 heavy (non-hydrogen) atoms. The van der Waals surface area contributed by atoms with Gasteiger partial charge in [-0.2, -0.15) is 0 Å². The van der Waals surface area contributed by atoms with Crippen LogP contribution in [0.25, 0.3) is 6.08 Å². The molecule has 0 saturated carbocycles. The minimum atomic E-state index is -0.847. The minimum Gasteiger partial charge on any atom is -0.487 e. The molecule has 0 fully saturated rings. The third-order valence-corrected chi connectivity index (χ3v) is 3.35. The van der Waals surface area contributed by atoms with Gasteiger partial charge < -0.3 is 14.6 Å². The second-order valence-corrected chi connectivity index (χ2v) is 5.36. The average molecular weight is 244 g/mol. The molecule has 1 atom stereocenters. The molecule has 94 valence electrons. The molecule has 1 unspecified atom stereocenters. The topological polar surface area (TPSA) is 38.7 Å². The predicted octanol–water partition coefficient (Wildman–Crippen LogP) is 2.68. The lowest BCUT2D eigenvalue weighted by atomic mass is 9.96. The largest absolute Gasteiger partial charge is 0.487 e. The van der Waals surface area contributed by atoms with E-state index in [1.165, 1.54) is 0 Å². The van der Waals surface area contributed by atoms with Crippen LogP contribution in [-0.4, -0.2) is 16.8 Å². The highest BCUT2D eigenvalue weighted by Gasteiger charge is 2.35. The third kappa shape index (κ3) is 1.81. The Morgan fingerprint density at radius 1 is 1.28 bits per heavy atom. The fourth-order valence-corrected chi connectivity index (χ4v) is 2.26. The highest BCUT2D eigenvalue weighted by molar-refractivity contribution is 5.66. The monoisotopic (exact) mass is 244 g/mol. The predicted molar refractivity (Wildman–Crippen MR) is 69.7 cm³/mol. The molecule has 2 heterocycles. The molecule has 2 aliphatic heterocycles. The quantitative estimate of drug-likeness (QED) is 0.825. The molecule has 1 aromatic rings. The van der Waals surface area contributed by atoms with Crippen LogP contribution in [0.5, 0.6) is 11.5 Å². The van der Waals surface area contributed by atoms with Crippen molar-refractivity contribution < 1.29 is 14.6 Å². The molecule has 0 bridgehead atoms. The molecule has 0 aliphatic carbocycles. The fraction of sp³-hybridized carbons (Fsp3) is 0.333. The number of hydrogen-bond acceptors (Lipinski definition) is 3. The number of allylic oxidation sites excluding steroid dienone is 1. The molecule has 3 rings (SSSR count). The summed E-state index contributed by atoms with van der Waals surface area (Å²) in [6.45, 7) is 7.30. The third-order valence-electron chi connectivity index (χ3n) is 3.35. The summed E-state index contributed by atoms with van der Waals surface area (Å²) in [5.74, 6) is 2.18. The Bertz CT molecular complexity index is 550. The molecular weight excluding hydrogens is 228 g/mol. The zero-order valence-corrected chi connectivity index (χ0v) is 10.6. The van der Waals surface area contributed by atoms with Crippen LogP contribution in [-0.2, 0) is 6.42 Å². The normalized spacial score (nSPS) is 21.1. The van der Waals surface area contributed by atoms with E-state index in [9.17, 15) is 5.11 Å². The second kappa shape index (κ2) is 3.62. The number of aliphatic hydroxyl groups is 1. The van der Waals surface area contributed by atoms with Gasteiger partial charge in [0, 0.05) is 18.1 Å². The number of ether oxygens (including phenoxy) is 2. The van der Waals surface area contributed by atoms with Crippen LogP contribution in [0, 0.1) is 0 Å². The Morgan fingerprint density at radius 3 is 2.78 bits per heavy atom. The van der Waals surface area contributed by atoms with Crippen LogP contribution in [0.15, 0.2) is 30.5 Å². The summed E-state index contributed by atoms with van der Waals surface area (Å²) in [5, 5.41) is 10.0. The van der Waals surface area contributed by atoms with Crippen molar-refractivity contribution in [3.63, 3.8) is 0 Å². The van der Waals surface area contributed by atoms with E-state index >= 15 is 0 Å². The number of hydrogen-bond donors (Lipinski definition) is 1. The van der Waals surface area contributed by atoms with Gasteiger partial charge in [-0.25, -0.2) is 0 Å². The van der Waals surface area contributed by atoms with Crippen LogP contribution in [0.1, 0.15) is 25.0 Å². The standard InChI is InChI=1S/C15H16O3/c1-9-4-5-10-6-11-7-14(15(2,3)16)18-13(11)8-12(10)17-9/h4-6,8,14,16H,1,7H2,2-3H3. The lowest BCUT2D eigenvalue weighted by Gasteiger charge is -2.24. The summed E-state index contributed by atoms with van der Waals surface area (Å²) in [4.78, 5) is 0. The van der Waals surface area contributed by atoms with Crippen molar-refractivity contribution in [2.24, 2.45) is 0 Å². The summed E-state index contributed by atoms with van der Waals surface area (Å²) in [6, 6.07) is 3.93. The highest BCUT2D eigenvalue weighted by atomic mass is 16.5. The average Bonchev–Trinajstić information content (AvgIpc) is 2.68. The Hall–Kier alpha value is -1.74. The zero-order valence-electron chi connectivity index (χ0n) is 10.6. The minimum absolute atomic E-state index is 0.205. The summed E-state index contributed by atoms with van der Waals surface area (Å²) in [5.41, 5.74) is 1.29. The van der Waals surface area contributed by atoms with Gasteiger partial charge in [-0.1, -0.05) is 6.58 Å². The van der Waals surface area contributed by atoms with Crippen LogP contribution < -0.4 is 9.47 Å². The Kier molecular flexibility index (Phi) is 2.29. The zero-order chi connectivity index (χ0) is 12.9. The van der Waals surface area contributed by atoms with Gasteiger partial charge in [0.05, 0.1) is 5.60 Å². The fourth-order valence-electron chi connectivity index (χ4n) is 2.26. The number of fused-ring (bicyclic) bond motifs is 2. The van der Waals surface area contributed by atoms with Gasteiger partial charge in [-0.05, 0) is 37.6 Å². The molecule has 0 saturated heterocycles. The van der Waals surface area contributed by atoms with Gasteiger partial charge in [0.2, 0.25) is 0 Å². The van der Waals surface area contributed by atoms with E-state index in [2.05, 4.69) is 12.6 Å². The number of benzene rings is 1. The second-order valence-electron chi connectivity index (χ2n) is 5.36. The van der Waals surface area contributed by atoms with Gasteiger partial charge in [-0.3, -0.25) is 0 Å². The maximum atomic E-state index is 10.0. The summed E-state index contributed by atoms with van der Waals surface area (Å²) in [7, 11) is 0. The van der Waals surface area contributed by atoms with Crippen molar-refractivity contribution in [3.05, 3.63) is 41.7 Å². The summed E-state index contributed by atoms with van der Waals surface area (Å²) in [6.07, 6.45) is 4.35. The number of rotatable bonds is 1. The molecule has 3 heteroatoms. The molecule has 0 radical (unpaired) electrons. The van der Waals surface area contributed by atoms with Crippen molar-refractivity contribution in [1.82, 2.24) is 0 Å². The molecule has 0 amide bonds. The maximum absolute atomic E-state index is 10.0. The first-order valence-electron chi connectivity index (χ1n) is 6.04. The lowest BCUT2D eigenvalue weighted by molar-refractivity contribution is -0.0230. The van der Waals surface area contributed by atoms with Crippen molar-refractivity contribution >= 4 is 6.08 Å². The molecule has 2 aliphatic rings. The molecule has 0 spiro atoms. The van der Waals surface area contributed by atoms with E-state index in [-0.39, 0.29) is 6.10 Å². The van der Waals surface area contributed by atoms with Gasteiger partial charge in [0.1, 0.15) is 23.4 Å². The van der Waals surface area contributed by atoms with Crippen LogP contribution in [0.3, 0.4) is 0 Å². The van der Waals surface area contributed by atoms with Gasteiger partial charge in [-0.15, -0.1) is 0 Å². The molecular formula is C15H16O3. The molecule has 3 nitrogen and oxygen atoms in total. The van der Waals surface area contributed by atoms with E-state index in [0.29, 0.717) is 5.76 Å². The summed E-state index contributed by atoms with van der Waals surface area (Å²) >= 11 is 0. The highest BCUT2D eigenvalue weighted by Crippen LogP contribution is 2.40. The first kappa shape index (κ1) is 11.4. The van der Waals surface area contributed by atoms with E-state index in [1.807, 2.05) is 18.2 Å². The Labute approximate surface area is 106 Å². The lowest BCUT2D eigenvalue weighted by Crippen LogP contribution is -2.39. The Morgan fingerprint density at radius 2 is 2.06 bits per heavy atom. The summed E-state index contributed by atoms with van der Waals surface area (Å²) < 4.78 is 11.3. The van der Waals surface area contributed by atoms with E-state index in [0.717, 1.165) is 29.0 Å².